The number of hydrogen-bond acceptors (Lipinski definition) is 4. The number of rotatable bonds is 8. The van der Waals surface area contributed by atoms with Gasteiger partial charge in [-0.1, -0.05) is 25.1 Å². The van der Waals surface area contributed by atoms with Gasteiger partial charge in [-0.2, -0.15) is 0 Å². The molecular weight excluding hydrogens is 300 g/mol. The number of ether oxygens (including phenoxy) is 1. The highest BCUT2D eigenvalue weighted by atomic mass is 16.5. The molecule has 4 heteroatoms. The summed E-state index contributed by atoms with van der Waals surface area (Å²) in [5, 5.41) is 9.82. The smallest absolute Gasteiger partial charge is 0.161 e. The fourth-order valence-corrected chi connectivity index (χ4v) is 2.62. The van der Waals surface area contributed by atoms with E-state index in [1.807, 2.05) is 33.2 Å². The molecule has 2 aromatic rings. The second-order valence-electron chi connectivity index (χ2n) is 6.10. The summed E-state index contributed by atoms with van der Waals surface area (Å²) in [5.41, 5.74) is 3.65. The molecule has 0 aliphatic heterocycles. The number of phenolic OH excluding ortho intramolecular Hbond substituents is 1. The number of anilines is 1. The van der Waals surface area contributed by atoms with E-state index >= 15 is 0 Å². The minimum absolute atomic E-state index is 0.197. The summed E-state index contributed by atoms with van der Waals surface area (Å²) in [4.78, 5) is 4.47. The van der Waals surface area contributed by atoms with Crippen LogP contribution in [0.4, 0.5) is 5.69 Å². The Morgan fingerprint density at radius 1 is 0.917 bits per heavy atom. The van der Waals surface area contributed by atoms with Crippen molar-refractivity contribution in [3.05, 3.63) is 53.6 Å². The van der Waals surface area contributed by atoms with Crippen molar-refractivity contribution < 1.29 is 9.84 Å². The van der Waals surface area contributed by atoms with Crippen molar-refractivity contribution in [1.82, 2.24) is 4.90 Å². The third-order valence-electron chi connectivity index (χ3n) is 4.04. The highest BCUT2D eigenvalue weighted by Crippen LogP contribution is 2.27. The molecule has 0 bridgehead atoms. The van der Waals surface area contributed by atoms with Gasteiger partial charge in [0.05, 0.1) is 6.61 Å². The molecule has 0 saturated carbocycles. The third kappa shape index (κ3) is 4.90. The van der Waals surface area contributed by atoms with E-state index in [1.54, 1.807) is 6.07 Å². The van der Waals surface area contributed by atoms with Crippen molar-refractivity contribution in [2.24, 2.45) is 0 Å². The topological polar surface area (TPSA) is 35.9 Å². The number of phenols is 1. The molecule has 4 nitrogen and oxygen atoms in total. The van der Waals surface area contributed by atoms with Crippen LogP contribution in [0, 0.1) is 0 Å². The normalized spacial score (nSPS) is 10.9. The van der Waals surface area contributed by atoms with E-state index in [1.165, 1.54) is 11.3 Å². The van der Waals surface area contributed by atoms with E-state index < -0.39 is 0 Å². The van der Waals surface area contributed by atoms with Gasteiger partial charge in [-0.05, 0) is 48.9 Å². The second kappa shape index (κ2) is 8.60. The lowest BCUT2D eigenvalue weighted by Crippen LogP contribution is -2.22. The van der Waals surface area contributed by atoms with E-state index in [0.717, 1.165) is 25.2 Å². The molecule has 0 fully saturated rings. The van der Waals surface area contributed by atoms with Gasteiger partial charge in [0.15, 0.2) is 11.5 Å². The van der Waals surface area contributed by atoms with Crippen LogP contribution in [0.5, 0.6) is 11.5 Å². The van der Waals surface area contributed by atoms with Crippen LogP contribution in [-0.4, -0.2) is 37.3 Å². The molecule has 0 aromatic heterocycles. The lowest BCUT2D eigenvalue weighted by Gasteiger charge is -2.22. The van der Waals surface area contributed by atoms with Gasteiger partial charge in [-0.25, -0.2) is 0 Å². The number of benzene rings is 2. The summed E-state index contributed by atoms with van der Waals surface area (Å²) in [5.74, 6) is 0.754. The Hall–Kier alpha value is -2.20. The summed E-state index contributed by atoms with van der Waals surface area (Å²) < 4.78 is 5.47. The average Bonchev–Trinajstić information content (AvgIpc) is 2.58. The highest BCUT2D eigenvalue weighted by molar-refractivity contribution is 5.46. The summed E-state index contributed by atoms with van der Waals surface area (Å²) in [6.07, 6.45) is 0. The number of aromatic hydroxyl groups is 1. The minimum Gasteiger partial charge on any atom is -0.504 e. The summed E-state index contributed by atoms with van der Waals surface area (Å²) >= 11 is 0. The molecular formula is C20H28N2O2. The van der Waals surface area contributed by atoms with E-state index in [-0.39, 0.29) is 5.75 Å². The third-order valence-corrected chi connectivity index (χ3v) is 4.04. The molecule has 0 radical (unpaired) electrons. The van der Waals surface area contributed by atoms with Crippen LogP contribution in [0.3, 0.4) is 0 Å². The monoisotopic (exact) mass is 328 g/mol. The largest absolute Gasteiger partial charge is 0.504 e. The van der Waals surface area contributed by atoms with Crippen LogP contribution in [-0.2, 0) is 13.1 Å². The van der Waals surface area contributed by atoms with Crippen LogP contribution in [0.25, 0.3) is 0 Å². The fourth-order valence-electron chi connectivity index (χ4n) is 2.62. The van der Waals surface area contributed by atoms with E-state index in [2.05, 4.69) is 41.0 Å². The molecule has 0 unspecified atom stereocenters. The molecule has 1 N–H and O–H groups in total. The maximum Gasteiger partial charge on any atom is 0.161 e. The van der Waals surface area contributed by atoms with Gasteiger partial charge in [0.25, 0.3) is 0 Å². The zero-order chi connectivity index (χ0) is 17.5. The van der Waals surface area contributed by atoms with E-state index in [4.69, 9.17) is 4.74 Å². The zero-order valence-electron chi connectivity index (χ0n) is 15.1. The second-order valence-corrected chi connectivity index (χ2v) is 6.10. The first-order valence-electron chi connectivity index (χ1n) is 8.46. The van der Waals surface area contributed by atoms with Crippen LogP contribution >= 0.6 is 0 Å². The zero-order valence-corrected chi connectivity index (χ0v) is 15.1. The van der Waals surface area contributed by atoms with Crippen molar-refractivity contribution in [3.8, 4) is 11.5 Å². The Morgan fingerprint density at radius 3 is 2.12 bits per heavy atom. The van der Waals surface area contributed by atoms with Gasteiger partial charge >= 0.3 is 0 Å². The molecule has 0 saturated heterocycles. The minimum atomic E-state index is 0.197. The molecule has 0 spiro atoms. The van der Waals surface area contributed by atoms with Crippen molar-refractivity contribution in [1.29, 1.82) is 0 Å². The summed E-state index contributed by atoms with van der Waals surface area (Å²) in [6.45, 7) is 7.31. The lowest BCUT2D eigenvalue weighted by molar-refractivity contribution is 0.269. The van der Waals surface area contributed by atoms with Crippen molar-refractivity contribution in [2.45, 2.75) is 26.9 Å². The fraction of sp³-hybridized carbons (Fsp3) is 0.400. The first-order chi connectivity index (χ1) is 11.5. The van der Waals surface area contributed by atoms with Gasteiger partial charge in [-0.3, -0.25) is 4.90 Å². The van der Waals surface area contributed by atoms with Gasteiger partial charge in [0.1, 0.15) is 0 Å². The van der Waals surface area contributed by atoms with Crippen molar-refractivity contribution in [3.63, 3.8) is 0 Å². The maximum atomic E-state index is 9.82. The van der Waals surface area contributed by atoms with E-state index in [9.17, 15) is 5.11 Å². The van der Waals surface area contributed by atoms with Crippen molar-refractivity contribution >= 4 is 5.69 Å². The van der Waals surface area contributed by atoms with Crippen molar-refractivity contribution in [2.75, 3.05) is 32.1 Å². The Labute approximate surface area is 145 Å². The van der Waals surface area contributed by atoms with Crippen LogP contribution < -0.4 is 9.64 Å². The quantitative estimate of drug-likeness (QED) is 0.798. The number of hydrogen-bond donors (Lipinski definition) is 1. The molecule has 2 rings (SSSR count). The molecule has 2 aromatic carbocycles. The lowest BCUT2D eigenvalue weighted by atomic mass is 10.1. The molecule has 24 heavy (non-hydrogen) atoms. The van der Waals surface area contributed by atoms with Crippen LogP contribution in [0.15, 0.2) is 42.5 Å². The summed E-state index contributed by atoms with van der Waals surface area (Å²) in [7, 11) is 4.10. The predicted octanol–water partition coefficient (Wildman–Crippen LogP) is 3.88. The first kappa shape index (κ1) is 18.1. The van der Waals surface area contributed by atoms with Gasteiger partial charge in [0.2, 0.25) is 0 Å². The first-order valence-corrected chi connectivity index (χ1v) is 8.46. The van der Waals surface area contributed by atoms with Gasteiger partial charge in [-0.15, -0.1) is 0 Å². The molecule has 0 aliphatic rings. The molecule has 0 atom stereocenters. The molecule has 130 valence electrons. The Bertz CT molecular complexity index is 639. The highest BCUT2D eigenvalue weighted by Gasteiger charge is 2.09. The van der Waals surface area contributed by atoms with Gasteiger partial charge in [0, 0.05) is 32.9 Å². The molecule has 0 amide bonds. The van der Waals surface area contributed by atoms with E-state index in [0.29, 0.717) is 12.4 Å². The summed E-state index contributed by atoms with van der Waals surface area (Å²) in [6, 6.07) is 14.3. The number of nitrogens with zero attached hydrogens (tertiary/aromatic N) is 2. The Balaban J connectivity index is 2.05. The predicted molar refractivity (Wildman–Crippen MR) is 99.8 cm³/mol. The maximum absolute atomic E-state index is 9.82. The van der Waals surface area contributed by atoms with Crippen LogP contribution in [0.1, 0.15) is 25.0 Å². The Kier molecular flexibility index (Phi) is 6.50. The van der Waals surface area contributed by atoms with Crippen LogP contribution in [0.2, 0.25) is 0 Å². The molecule has 0 aliphatic carbocycles. The van der Waals surface area contributed by atoms with Gasteiger partial charge < -0.3 is 14.7 Å². The Morgan fingerprint density at radius 2 is 1.54 bits per heavy atom. The standard InChI is InChI=1S/C20H28N2O2/c1-5-22(14-16-7-10-18(11-8-16)21(3)4)15-17-9-12-19(23)20(13-17)24-6-2/h7-13,23H,5-6,14-15H2,1-4H3. The SMILES string of the molecule is CCOc1cc(CN(CC)Cc2ccc(N(C)C)cc2)ccc1O. The molecule has 0 heterocycles. The average molecular weight is 328 g/mol.